The molecular formula is C14H18IN. The maximum atomic E-state index is 3.59. The lowest BCUT2D eigenvalue weighted by molar-refractivity contribution is 0.605. The minimum absolute atomic E-state index is 0.435. The molecule has 0 heterocycles. The van der Waals surface area contributed by atoms with E-state index in [2.05, 4.69) is 65.2 Å². The molecule has 0 amide bonds. The first-order valence-electron chi connectivity index (χ1n) is 5.99. The van der Waals surface area contributed by atoms with Gasteiger partial charge in [-0.1, -0.05) is 30.7 Å². The van der Waals surface area contributed by atoms with Crippen LogP contribution < -0.4 is 5.32 Å². The van der Waals surface area contributed by atoms with Gasteiger partial charge in [-0.3, -0.25) is 0 Å². The summed E-state index contributed by atoms with van der Waals surface area (Å²) in [6.07, 6.45) is 6.23. The molecule has 0 aliphatic heterocycles. The molecular weight excluding hydrogens is 309 g/mol. The molecule has 0 saturated heterocycles. The first kappa shape index (κ1) is 12.1. The van der Waals surface area contributed by atoms with Crippen molar-refractivity contribution >= 4 is 22.6 Å². The molecule has 0 saturated carbocycles. The van der Waals surface area contributed by atoms with Crippen LogP contribution in [0.3, 0.4) is 0 Å². The van der Waals surface area contributed by atoms with Crippen LogP contribution in [0, 0.1) is 3.57 Å². The highest BCUT2D eigenvalue weighted by Gasteiger charge is 2.17. The fraction of sp³-hybridized carbons (Fsp3) is 0.429. The molecule has 0 aromatic heterocycles. The molecule has 16 heavy (non-hydrogen) atoms. The van der Waals surface area contributed by atoms with E-state index in [0.717, 1.165) is 6.54 Å². The summed E-state index contributed by atoms with van der Waals surface area (Å²) in [5, 5.41) is 3.59. The van der Waals surface area contributed by atoms with Crippen molar-refractivity contribution in [3.8, 4) is 0 Å². The first-order valence-corrected chi connectivity index (χ1v) is 7.07. The van der Waals surface area contributed by atoms with Gasteiger partial charge < -0.3 is 5.32 Å². The number of nitrogens with one attached hydrogen (secondary N) is 1. The van der Waals surface area contributed by atoms with Crippen LogP contribution in [-0.2, 0) is 0 Å². The number of rotatable bonds is 4. The Kier molecular flexibility index (Phi) is 4.41. The normalized spacial score (nSPS) is 17.2. The highest BCUT2D eigenvalue weighted by Crippen LogP contribution is 2.30. The van der Waals surface area contributed by atoms with Gasteiger partial charge in [-0.15, -0.1) is 0 Å². The molecule has 0 bridgehead atoms. The summed E-state index contributed by atoms with van der Waals surface area (Å²) in [6.45, 7) is 3.20. The van der Waals surface area contributed by atoms with Gasteiger partial charge in [-0.2, -0.15) is 0 Å². The monoisotopic (exact) mass is 327 g/mol. The van der Waals surface area contributed by atoms with E-state index in [1.807, 2.05) is 0 Å². The molecule has 1 unspecified atom stereocenters. The molecule has 1 nitrogen and oxygen atoms in total. The summed E-state index contributed by atoms with van der Waals surface area (Å²) in [7, 11) is 0. The van der Waals surface area contributed by atoms with Crippen LogP contribution >= 0.6 is 22.6 Å². The van der Waals surface area contributed by atoms with Crippen LogP contribution in [0.15, 0.2) is 35.9 Å². The van der Waals surface area contributed by atoms with Gasteiger partial charge >= 0.3 is 0 Å². The molecule has 2 rings (SSSR count). The highest BCUT2D eigenvalue weighted by molar-refractivity contribution is 14.1. The molecule has 1 aliphatic rings. The van der Waals surface area contributed by atoms with Gasteiger partial charge in [0.2, 0.25) is 0 Å². The summed E-state index contributed by atoms with van der Waals surface area (Å²) >= 11 is 2.35. The lowest BCUT2D eigenvalue weighted by Crippen LogP contribution is -2.22. The summed E-state index contributed by atoms with van der Waals surface area (Å²) in [5.74, 6) is 0. The van der Waals surface area contributed by atoms with E-state index in [4.69, 9.17) is 0 Å². The maximum absolute atomic E-state index is 3.59. The second-order valence-corrected chi connectivity index (χ2v) is 5.46. The van der Waals surface area contributed by atoms with E-state index in [1.165, 1.54) is 28.4 Å². The quantitative estimate of drug-likeness (QED) is 0.650. The van der Waals surface area contributed by atoms with Crippen LogP contribution in [-0.4, -0.2) is 6.54 Å². The molecule has 1 N–H and O–H groups in total. The molecule has 0 radical (unpaired) electrons. The van der Waals surface area contributed by atoms with Gasteiger partial charge in [-0.25, -0.2) is 0 Å². The third-order valence-electron chi connectivity index (χ3n) is 3.06. The molecule has 86 valence electrons. The van der Waals surface area contributed by atoms with E-state index in [9.17, 15) is 0 Å². The van der Waals surface area contributed by atoms with Crippen molar-refractivity contribution in [1.29, 1.82) is 0 Å². The number of hydrogen-bond donors (Lipinski definition) is 1. The minimum atomic E-state index is 0.435. The van der Waals surface area contributed by atoms with Crippen LogP contribution in [0.1, 0.15) is 37.8 Å². The van der Waals surface area contributed by atoms with Crippen molar-refractivity contribution in [2.24, 2.45) is 0 Å². The first-order chi connectivity index (χ1) is 7.81. The van der Waals surface area contributed by atoms with Crippen molar-refractivity contribution in [1.82, 2.24) is 5.32 Å². The Hall–Kier alpha value is -0.350. The average molecular weight is 327 g/mol. The van der Waals surface area contributed by atoms with Crippen molar-refractivity contribution in [2.45, 2.75) is 32.2 Å². The van der Waals surface area contributed by atoms with Gasteiger partial charge in [0.1, 0.15) is 0 Å². The van der Waals surface area contributed by atoms with Crippen molar-refractivity contribution in [3.05, 3.63) is 45.0 Å². The van der Waals surface area contributed by atoms with Gasteiger partial charge in [0.15, 0.2) is 0 Å². The van der Waals surface area contributed by atoms with Crippen molar-refractivity contribution < 1.29 is 0 Å². The van der Waals surface area contributed by atoms with Crippen molar-refractivity contribution in [2.75, 3.05) is 6.54 Å². The summed E-state index contributed by atoms with van der Waals surface area (Å²) < 4.78 is 1.30. The maximum Gasteiger partial charge on any atom is 0.0535 e. The largest absolute Gasteiger partial charge is 0.307 e. The highest BCUT2D eigenvalue weighted by atomic mass is 127. The number of benzene rings is 1. The van der Waals surface area contributed by atoms with E-state index < -0.39 is 0 Å². The Bertz CT molecular complexity index is 367. The summed E-state index contributed by atoms with van der Waals surface area (Å²) in [4.78, 5) is 0. The number of halogens is 1. The standard InChI is InChI=1S/C14H18IN/c1-2-16-14(11-5-3-4-6-11)12-7-9-13(15)10-8-12/h5,7-10,14,16H,2-4,6H2,1H3. The number of allylic oxidation sites excluding steroid dienone is 1. The minimum Gasteiger partial charge on any atom is -0.307 e. The molecule has 1 atom stereocenters. The Balaban J connectivity index is 2.21. The molecule has 0 spiro atoms. The molecule has 0 fully saturated rings. The van der Waals surface area contributed by atoms with Crippen LogP contribution in [0.2, 0.25) is 0 Å². The van der Waals surface area contributed by atoms with Gasteiger partial charge in [-0.05, 0) is 66.1 Å². The van der Waals surface area contributed by atoms with E-state index >= 15 is 0 Å². The third-order valence-corrected chi connectivity index (χ3v) is 3.78. The van der Waals surface area contributed by atoms with Gasteiger partial charge in [0.05, 0.1) is 6.04 Å². The lowest BCUT2D eigenvalue weighted by atomic mass is 9.98. The third kappa shape index (κ3) is 2.86. The molecule has 2 heteroatoms. The zero-order chi connectivity index (χ0) is 11.4. The number of hydrogen-bond acceptors (Lipinski definition) is 1. The smallest absolute Gasteiger partial charge is 0.0535 e. The Morgan fingerprint density at radius 1 is 1.31 bits per heavy atom. The van der Waals surface area contributed by atoms with Crippen LogP contribution in [0.4, 0.5) is 0 Å². The number of likely N-dealkylation sites (N-methyl/N-ethyl adjacent to an activating group) is 1. The zero-order valence-electron chi connectivity index (χ0n) is 9.67. The average Bonchev–Trinajstić information content (AvgIpc) is 2.81. The zero-order valence-corrected chi connectivity index (χ0v) is 11.8. The fourth-order valence-corrected chi connectivity index (χ4v) is 2.64. The predicted octanol–water partition coefficient (Wildman–Crippen LogP) is 4.05. The van der Waals surface area contributed by atoms with Crippen LogP contribution in [0.25, 0.3) is 0 Å². The van der Waals surface area contributed by atoms with Crippen molar-refractivity contribution in [3.63, 3.8) is 0 Å². The Morgan fingerprint density at radius 3 is 2.62 bits per heavy atom. The predicted molar refractivity (Wildman–Crippen MR) is 77.5 cm³/mol. The van der Waals surface area contributed by atoms with Gasteiger partial charge in [0, 0.05) is 3.57 Å². The molecule has 1 aromatic rings. The molecule has 1 aliphatic carbocycles. The van der Waals surface area contributed by atoms with E-state index in [0.29, 0.717) is 6.04 Å². The summed E-state index contributed by atoms with van der Waals surface area (Å²) in [6, 6.07) is 9.30. The Morgan fingerprint density at radius 2 is 2.06 bits per heavy atom. The second-order valence-electron chi connectivity index (χ2n) is 4.21. The topological polar surface area (TPSA) is 12.0 Å². The van der Waals surface area contributed by atoms with E-state index in [1.54, 1.807) is 5.57 Å². The summed E-state index contributed by atoms with van der Waals surface area (Å²) in [5.41, 5.74) is 2.97. The second kappa shape index (κ2) is 5.82. The lowest BCUT2D eigenvalue weighted by Gasteiger charge is -2.20. The van der Waals surface area contributed by atoms with Crippen LogP contribution in [0.5, 0.6) is 0 Å². The Labute approximate surface area is 111 Å². The van der Waals surface area contributed by atoms with E-state index in [-0.39, 0.29) is 0 Å². The fourth-order valence-electron chi connectivity index (χ4n) is 2.28. The SMILES string of the molecule is CCNC(C1=CCCC1)c1ccc(I)cc1. The molecule has 1 aromatic carbocycles. The van der Waals surface area contributed by atoms with Gasteiger partial charge in [0.25, 0.3) is 0 Å².